The normalized spacial score (nSPS) is 6.32. The Morgan fingerprint density at radius 1 is 0.455 bits per heavy atom. The lowest BCUT2D eigenvalue weighted by Crippen LogP contribution is -1.47. The van der Waals surface area contributed by atoms with E-state index in [1.807, 2.05) is 114 Å². The molecule has 0 atom stereocenters. The maximum atomic E-state index is 5.75. The third-order valence-corrected chi connectivity index (χ3v) is 1.33. The highest BCUT2D eigenvalue weighted by Gasteiger charge is 1.58. The molecule has 0 heterocycles. The molecule has 0 heteroatoms. The molecule has 0 aliphatic heterocycles. The van der Waals surface area contributed by atoms with Crippen molar-refractivity contribution in [1.29, 1.82) is 0 Å². The second-order valence-electron chi connectivity index (χ2n) is 3.02. The molecule has 0 amide bonds. The molecule has 0 spiro atoms. The van der Waals surface area contributed by atoms with Gasteiger partial charge >= 0.3 is 0 Å². The van der Waals surface area contributed by atoms with E-state index in [9.17, 15) is 0 Å². The van der Waals surface area contributed by atoms with Crippen molar-refractivity contribution in [2.45, 2.75) is 69.2 Å². The Labute approximate surface area is 144 Å². The van der Waals surface area contributed by atoms with Crippen LogP contribution in [0.25, 0.3) is 0 Å². The van der Waals surface area contributed by atoms with Gasteiger partial charge in [0.15, 0.2) is 0 Å². The minimum absolute atomic E-state index is 1.25. The highest BCUT2D eigenvalue weighted by atomic mass is 13.7. The topological polar surface area (TPSA) is 0 Å². The van der Waals surface area contributed by atoms with Crippen LogP contribution in [0, 0.1) is 0 Å². The summed E-state index contributed by atoms with van der Waals surface area (Å²) in [6.45, 7) is 16.2. The van der Waals surface area contributed by atoms with Crippen LogP contribution in [0.2, 0.25) is 0 Å². The fraction of sp³-hybridized carbons (Fsp3) is 0.455. The summed E-state index contributed by atoms with van der Waals surface area (Å²) in [5, 5.41) is 0. The SMILES string of the molecule is CC.CC.CC.CCC.[2H]C.c1ccccc1.c1ccccc1. The molecule has 0 fully saturated rings. The van der Waals surface area contributed by atoms with Gasteiger partial charge in [-0.2, -0.15) is 0 Å². The van der Waals surface area contributed by atoms with E-state index in [0.717, 1.165) is 0 Å². The van der Waals surface area contributed by atoms with Crippen LogP contribution < -0.4 is 0 Å². The summed E-state index contributed by atoms with van der Waals surface area (Å²) < 4.78 is 5.75. The Morgan fingerprint density at radius 3 is 0.545 bits per heavy atom. The van der Waals surface area contributed by atoms with Crippen molar-refractivity contribution in [3.05, 3.63) is 72.8 Å². The number of hydrogen-bond donors (Lipinski definition) is 0. The fourth-order valence-electron chi connectivity index (χ4n) is 0.770. The molecule has 22 heavy (non-hydrogen) atoms. The lowest BCUT2D eigenvalue weighted by molar-refractivity contribution is 1.09. The van der Waals surface area contributed by atoms with Crippen LogP contribution >= 0.6 is 0 Å². The summed E-state index contributed by atoms with van der Waals surface area (Å²) >= 11 is 0. The van der Waals surface area contributed by atoms with Crippen LogP contribution in [-0.2, 0) is 0 Å². The van der Waals surface area contributed by atoms with E-state index in [1.165, 1.54) is 13.8 Å². The van der Waals surface area contributed by atoms with E-state index in [0.29, 0.717) is 0 Å². The molecular formula is C22H42. The van der Waals surface area contributed by atoms with E-state index in [-0.39, 0.29) is 0 Å². The molecule has 0 aliphatic carbocycles. The van der Waals surface area contributed by atoms with Crippen molar-refractivity contribution < 1.29 is 1.37 Å². The summed E-state index contributed by atoms with van der Waals surface area (Å²) in [4.78, 5) is 0. The molecule has 0 saturated heterocycles. The quantitative estimate of drug-likeness (QED) is 0.457. The van der Waals surface area contributed by atoms with Gasteiger partial charge in [-0.05, 0) is 0 Å². The van der Waals surface area contributed by atoms with Crippen LogP contribution in [-0.4, -0.2) is 0 Å². The van der Waals surface area contributed by atoms with Gasteiger partial charge in [0.05, 0.1) is 0 Å². The molecule has 0 nitrogen and oxygen atoms in total. The van der Waals surface area contributed by atoms with Gasteiger partial charge in [0.2, 0.25) is 0 Å². The minimum atomic E-state index is 1.25. The summed E-state index contributed by atoms with van der Waals surface area (Å²) in [7, 11) is 1.25. The molecule has 0 bridgehead atoms. The highest BCUT2D eigenvalue weighted by molar-refractivity contribution is 4.99. The molecule has 0 aromatic heterocycles. The van der Waals surface area contributed by atoms with Gasteiger partial charge in [0, 0.05) is 1.37 Å². The van der Waals surface area contributed by atoms with Gasteiger partial charge in [0.1, 0.15) is 0 Å². The largest absolute Gasteiger partial charge is 0.0776 e. The Hall–Kier alpha value is -1.56. The van der Waals surface area contributed by atoms with Crippen molar-refractivity contribution in [3.8, 4) is 0 Å². The first kappa shape index (κ1) is 28.6. The van der Waals surface area contributed by atoms with Crippen LogP contribution in [0.1, 0.15) is 70.6 Å². The van der Waals surface area contributed by atoms with Gasteiger partial charge in [-0.1, -0.05) is 142 Å². The molecule has 130 valence electrons. The lowest BCUT2D eigenvalue weighted by atomic mass is 10.4. The van der Waals surface area contributed by atoms with E-state index in [4.69, 9.17) is 1.37 Å². The predicted octanol–water partition coefficient (Wildman–Crippen LogP) is 8.50. The fourth-order valence-corrected chi connectivity index (χ4v) is 0.770. The van der Waals surface area contributed by atoms with Gasteiger partial charge < -0.3 is 0 Å². The van der Waals surface area contributed by atoms with Crippen molar-refractivity contribution in [2.24, 2.45) is 0 Å². The summed E-state index contributed by atoms with van der Waals surface area (Å²) in [5.41, 5.74) is 0. The Kier molecular flexibility index (Phi) is 65.6. The lowest BCUT2D eigenvalue weighted by Gasteiger charge is -1.69. The Morgan fingerprint density at radius 2 is 0.500 bits per heavy atom. The molecule has 2 rings (SSSR count). The van der Waals surface area contributed by atoms with Crippen LogP contribution in [0.15, 0.2) is 72.8 Å². The molecule has 0 N–H and O–H groups in total. The van der Waals surface area contributed by atoms with Crippen molar-refractivity contribution in [2.75, 3.05) is 0 Å². The van der Waals surface area contributed by atoms with Crippen LogP contribution in [0.5, 0.6) is 0 Å². The molecule has 2 aromatic rings. The van der Waals surface area contributed by atoms with Gasteiger partial charge in [0.25, 0.3) is 0 Å². The van der Waals surface area contributed by atoms with Gasteiger partial charge in [-0.15, -0.1) is 0 Å². The Balaban J connectivity index is -0.0000000598. The minimum Gasteiger partial charge on any atom is -0.0776 e. The number of rotatable bonds is 0. The van der Waals surface area contributed by atoms with Crippen molar-refractivity contribution >= 4 is 0 Å². The van der Waals surface area contributed by atoms with Gasteiger partial charge in [-0.3, -0.25) is 0 Å². The highest BCUT2D eigenvalue weighted by Crippen LogP contribution is 1.80. The first-order valence-electron chi connectivity index (χ1n) is 9.41. The zero-order valence-corrected chi connectivity index (χ0v) is 16.6. The number of benzene rings is 2. The molecule has 0 unspecified atom stereocenters. The van der Waals surface area contributed by atoms with E-state index in [2.05, 4.69) is 13.8 Å². The number of hydrogen-bond acceptors (Lipinski definition) is 0. The van der Waals surface area contributed by atoms with Crippen LogP contribution in [0.3, 0.4) is 0 Å². The van der Waals surface area contributed by atoms with Gasteiger partial charge in [-0.25, -0.2) is 0 Å². The molecule has 0 radical (unpaired) electrons. The van der Waals surface area contributed by atoms with E-state index >= 15 is 0 Å². The molecule has 2 aromatic carbocycles. The summed E-state index contributed by atoms with van der Waals surface area (Å²) in [6.07, 6.45) is 1.25. The maximum Gasteiger partial charge on any atom is 0.0194 e. The second-order valence-corrected chi connectivity index (χ2v) is 3.02. The van der Waals surface area contributed by atoms with Crippen LogP contribution in [0.4, 0.5) is 0 Å². The maximum absolute atomic E-state index is 5.75. The zero-order valence-electron chi connectivity index (χ0n) is 17.6. The first-order valence-corrected chi connectivity index (χ1v) is 8.41. The third-order valence-electron chi connectivity index (χ3n) is 1.33. The predicted molar refractivity (Wildman–Crippen MR) is 110 cm³/mol. The smallest absolute Gasteiger partial charge is 0.0194 e. The average Bonchev–Trinajstić information content (AvgIpc) is 2.72. The van der Waals surface area contributed by atoms with Crippen molar-refractivity contribution in [1.82, 2.24) is 0 Å². The average molecular weight is 308 g/mol. The monoisotopic (exact) mass is 307 g/mol. The van der Waals surface area contributed by atoms with Crippen molar-refractivity contribution in [3.63, 3.8) is 0 Å². The molecular weight excluding hydrogens is 264 g/mol. The van der Waals surface area contributed by atoms with E-state index < -0.39 is 0 Å². The third kappa shape index (κ3) is 51.5. The Bertz CT molecular complexity index is 194. The van der Waals surface area contributed by atoms with E-state index in [1.54, 1.807) is 0 Å². The first-order chi connectivity index (χ1) is 11.4. The molecule has 0 aliphatic rings. The molecule has 0 saturated carbocycles. The summed E-state index contributed by atoms with van der Waals surface area (Å²) in [6, 6.07) is 24.0. The zero-order chi connectivity index (χ0) is 19.2. The summed E-state index contributed by atoms with van der Waals surface area (Å²) in [5.74, 6) is 0. The standard InChI is InChI=1S/2C6H6.C3H8.3C2H6.CH4/c2*1-2-4-6-5-3-1;1-3-2;3*1-2;/h2*1-6H;3H2,1-2H3;3*1-2H3;1H4/i;;;;;;1D. The second kappa shape index (κ2) is 50.5.